The topological polar surface area (TPSA) is 96.3 Å². The molecule has 0 radical (unpaired) electrons. The van der Waals surface area contributed by atoms with Gasteiger partial charge in [0.05, 0.1) is 18.8 Å². The molecule has 0 N–H and O–H groups in total. The highest BCUT2D eigenvalue weighted by molar-refractivity contribution is 7.23. The van der Waals surface area contributed by atoms with Crippen LogP contribution in [-0.2, 0) is 12.8 Å². The highest BCUT2D eigenvalue weighted by atomic mass is 32.1. The Kier molecular flexibility index (Phi) is 23.4. The van der Waals surface area contributed by atoms with Crippen molar-refractivity contribution < 1.29 is 18.3 Å². The first-order valence-corrected chi connectivity index (χ1v) is 29.8. The van der Waals surface area contributed by atoms with Gasteiger partial charge in [-0.3, -0.25) is 0 Å². The van der Waals surface area contributed by atoms with E-state index in [0.29, 0.717) is 36.8 Å². The second kappa shape index (κ2) is 30.9. The average molecular weight is 1010 g/mol. The first-order chi connectivity index (χ1) is 35.6. The second-order valence-corrected chi connectivity index (χ2v) is 21.6. The maximum atomic E-state index is 6.94. The third kappa shape index (κ3) is 16.7. The molecule has 4 heterocycles. The number of thiophene rings is 2. The van der Waals surface area contributed by atoms with Crippen LogP contribution >= 0.6 is 22.7 Å². The van der Waals surface area contributed by atoms with Gasteiger partial charge in [0, 0.05) is 36.9 Å². The van der Waals surface area contributed by atoms with Gasteiger partial charge in [0.25, 0.3) is 5.89 Å². The molecule has 0 fully saturated rings. The largest absolute Gasteiger partial charge is 0.493 e. The van der Waals surface area contributed by atoms with Gasteiger partial charge in [0.1, 0.15) is 11.5 Å². The van der Waals surface area contributed by atoms with Crippen molar-refractivity contribution in [2.45, 2.75) is 195 Å². The molecule has 0 bridgehead atoms. The Morgan fingerprint density at radius 2 is 0.861 bits per heavy atom. The fourth-order valence-electron chi connectivity index (χ4n) is 9.32. The van der Waals surface area contributed by atoms with E-state index < -0.39 is 0 Å². The molecule has 0 saturated carbocycles. The van der Waals surface area contributed by atoms with E-state index in [1.165, 1.54) is 154 Å². The van der Waals surface area contributed by atoms with Gasteiger partial charge in [-0.2, -0.15) is 0 Å². The first-order valence-electron chi connectivity index (χ1n) is 28.1. The summed E-state index contributed by atoms with van der Waals surface area (Å²) in [7, 11) is 0. The minimum absolute atomic E-state index is 0.406. The molecule has 72 heavy (non-hydrogen) atoms. The van der Waals surface area contributed by atoms with Gasteiger partial charge in [0.2, 0.25) is 17.7 Å². The van der Waals surface area contributed by atoms with Crippen molar-refractivity contribution in [1.82, 2.24) is 20.4 Å². The molecule has 3 aromatic carbocycles. The average Bonchev–Trinajstić information content (AvgIpc) is 4.27. The SMILES string of the molecule is CCCCCCCCOc1cc(-c2sc(-c3cc(CCCCCCCC)cs3)cc2CCCCCCCC)c(OCCCCCCCC)cc1-c1nnc(-c2ccc(-c3nnc(-c4ccccc4)o3)cc2)o1. The van der Waals surface area contributed by atoms with E-state index in [2.05, 4.69) is 77.7 Å². The predicted octanol–water partition coefficient (Wildman–Crippen LogP) is 19.9. The van der Waals surface area contributed by atoms with Crippen LogP contribution in [0.15, 0.2) is 93.1 Å². The molecule has 10 heteroatoms. The molecule has 4 aromatic heterocycles. The number of aromatic nitrogens is 4. The summed E-state index contributed by atoms with van der Waals surface area (Å²) in [6.45, 7) is 10.4. The van der Waals surface area contributed by atoms with Crippen molar-refractivity contribution in [2.75, 3.05) is 13.2 Å². The van der Waals surface area contributed by atoms with Crippen LogP contribution in [0.25, 0.3) is 66.0 Å². The van der Waals surface area contributed by atoms with E-state index in [0.717, 1.165) is 77.8 Å². The predicted molar refractivity (Wildman–Crippen MR) is 302 cm³/mol. The normalized spacial score (nSPS) is 11.5. The number of nitrogens with zero attached hydrogens (tertiary/aromatic N) is 4. The first kappa shape index (κ1) is 54.7. The molecule has 8 nitrogen and oxygen atoms in total. The molecular weight excluding hydrogens is 929 g/mol. The number of unbranched alkanes of at least 4 members (excludes halogenated alkanes) is 20. The number of ether oxygens (including phenoxy) is 2. The van der Waals surface area contributed by atoms with Gasteiger partial charge in [-0.15, -0.1) is 43.1 Å². The lowest BCUT2D eigenvalue weighted by Crippen LogP contribution is -2.03. The minimum Gasteiger partial charge on any atom is -0.493 e. The zero-order chi connectivity index (χ0) is 50.0. The highest BCUT2D eigenvalue weighted by Crippen LogP contribution is 2.48. The van der Waals surface area contributed by atoms with Gasteiger partial charge in [-0.25, -0.2) is 0 Å². The molecule has 386 valence electrons. The summed E-state index contributed by atoms with van der Waals surface area (Å²) in [6, 6.07) is 26.9. The Hall–Kier alpha value is -5.06. The van der Waals surface area contributed by atoms with Crippen LogP contribution in [0.3, 0.4) is 0 Å². The van der Waals surface area contributed by atoms with E-state index in [1.807, 2.05) is 77.3 Å². The van der Waals surface area contributed by atoms with Crippen molar-refractivity contribution in [3.05, 3.63) is 95.4 Å². The van der Waals surface area contributed by atoms with Crippen molar-refractivity contribution >= 4 is 22.7 Å². The number of hydrogen-bond donors (Lipinski definition) is 0. The zero-order valence-corrected chi connectivity index (χ0v) is 45.8. The van der Waals surface area contributed by atoms with E-state index >= 15 is 0 Å². The van der Waals surface area contributed by atoms with Crippen molar-refractivity contribution in [1.29, 1.82) is 0 Å². The molecule has 0 spiro atoms. The molecule has 0 saturated heterocycles. The lowest BCUT2D eigenvalue weighted by Gasteiger charge is -2.17. The molecule has 0 unspecified atom stereocenters. The van der Waals surface area contributed by atoms with Crippen LogP contribution in [0.1, 0.15) is 193 Å². The van der Waals surface area contributed by atoms with Gasteiger partial charge in [-0.05, 0) is 116 Å². The second-order valence-electron chi connectivity index (χ2n) is 19.7. The van der Waals surface area contributed by atoms with E-state index in [1.54, 1.807) is 0 Å². The highest BCUT2D eigenvalue weighted by Gasteiger charge is 2.24. The summed E-state index contributed by atoms with van der Waals surface area (Å²) in [5.41, 5.74) is 7.19. The Morgan fingerprint density at radius 1 is 0.417 bits per heavy atom. The molecule has 0 atom stereocenters. The summed E-state index contributed by atoms with van der Waals surface area (Å²) >= 11 is 3.81. The molecule has 0 aliphatic carbocycles. The van der Waals surface area contributed by atoms with Crippen LogP contribution in [0, 0.1) is 0 Å². The standard InChI is InChI=1S/C62H82N4O4S2/c1-5-9-13-17-21-26-32-47-42-56(71-46-47)57-43-51(35-27-22-18-14-10-6-2)58(72-57)52-44-55(68-41-31-24-20-16-12-8-4)53(45-54(52)67-40-30-23-19-15-11-7-3)62-66-65-61(70-62)50-38-36-49(37-39-50)60-64-63-59(69-60)48-33-28-25-29-34-48/h25,28-29,33-34,36-39,42-46H,5-24,26-27,30-32,35,40-41H2,1-4H3. The van der Waals surface area contributed by atoms with Crippen LogP contribution in [0.4, 0.5) is 0 Å². The quantitative estimate of drug-likeness (QED) is 0.0359. The van der Waals surface area contributed by atoms with E-state index in [9.17, 15) is 0 Å². The van der Waals surface area contributed by atoms with Crippen LogP contribution in [-0.4, -0.2) is 33.6 Å². The van der Waals surface area contributed by atoms with Crippen molar-refractivity contribution in [3.8, 4) is 77.5 Å². The fraction of sp³-hybridized carbons (Fsp3) is 0.516. The molecule has 7 aromatic rings. The fourth-order valence-corrected chi connectivity index (χ4v) is 11.6. The zero-order valence-electron chi connectivity index (χ0n) is 44.1. The monoisotopic (exact) mass is 1010 g/mol. The van der Waals surface area contributed by atoms with Gasteiger partial charge < -0.3 is 18.3 Å². The minimum atomic E-state index is 0.406. The van der Waals surface area contributed by atoms with E-state index in [-0.39, 0.29) is 0 Å². The Morgan fingerprint density at radius 3 is 1.42 bits per heavy atom. The maximum Gasteiger partial charge on any atom is 0.252 e. The number of hydrogen-bond acceptors (Lipinski definition) is 10. The Labute approximate surface area is 439 Å². The van der Waals surface area contributed by atoms with Crippen LogP contribution in [0.2, 0.25) is 0 Å². The van der Waals surface area contributed by atoms with E-state index in [4.69, 9.17) is 18.3 Å². The summed E-state index contributed by atoms with van der Waals surface area (Å²) in [5.74, 6) is 3.35. The lowest BCUT2D eigenvalue weighted by atomic mass is 10.00. The van der Waals surface area contributed by atoms with Crippen LogP contribution < -0.4 is 9.47 Å². The summed E-state index contributed by atoms with van der Waals surface area (Å²) < 4.78 is 26.4. The van der Waals surface area contributed by atoms with Crippen LogP contribution in [0.5, 0.6) is 11.5 Å². The van der Waals surface area contributed by atoms with Gasteiger partial charge in [-0.1, -0.05) is 174 Å². The molecule has 0 aliphatic rings. The third-order valence-corrected chi connectivity index (χ3v) is 16.0. The number of benzene rings is 3. The third-order valence-electron chi connectivity index (χ3n) is 13.6. The Balaban J connectivity index is 1.21. The maximum absolute atomic E-state index is 6.94. The number of aryl methyl sites for hydroxylation is 2. The summed E-state index contributed by atoms with van der Waals surface area (Å²) in [6.07, 6.45) is 32.0. The van der Waals surface area contributed by atoms with Crippen molar-refractivity contribution in [3.63, 3.8) is 0 Å². The molecule has 0 aliphatic heterocycles. The Bertz CT molecular complexity index is 2570. The smallest absolute Gasteiger partial charge is 0.252 e. The molecular formula is C62H82N4O4S2. The van der Waals surface area contributed by atoms with Gasteiger partial charge >= 0.3 is 0 Å². The lowest BCUT2D eigenvalue weighted by molar-refractivity contribution is 0.297. The molecule has 7 rings (SSSR count). The number of rotatable bonds is 36. The summed E-state index contributed by atoms with van der Waals surface area (Å²) in [5, 5.41) is 20.3. The van der Waals surface area contributed by atoms with Gasteiger partial charge in [0.15, 0.2) is 0 Å². The summed E-state index contributed by atoms with van der Waals surface area (Å²) in [4.78, 5) is 3.98. The van der Waals surface area contributed by atoms with Crippen molar-refractivity contribution in [2.24, 2.45) is 0 Å². The molecule has 0 amide bonds.